The lowest BCUT2D eigenvalue weighted by atomic mass is 9.98. The van der Waals surface area contributed by atoms with E-state index in [1.807, 2.05) is 6.08 Å². The van der Waals surface area contributed by atoms with E-state index in [9.17, 15) is 4.79 Å². The number of halogens is 1. The van der Waals surface area contributed by atoms with Crippen molar-refractivity contribution < 1.29 is 4.79 Å². The quantitative estimate of drug-likeness (QED) is 0.446. The van der Waals surface area contributed by atoms with Gasteiger partial charge in [-0.25, -0.2) is 0 Å². The van der Waals surface area contributed by atoms with Gasteiger partial charge in [0.1, 0.15) is 0 Å². The topological polar surface area (TPSA) is 17.1 Å². The van der Waals surface area contributed by atoms with Gasteiger partial charge in [-0.15, -0.1) is 6.58 Å². The van der Waals surface area contributed by atoms with Gasteiger partial charge in [0.15, 0.2) is 0 Å². The van der Waals surface area contributed by atoms with E-state index in [-0.39, 0.29) is 11.2 Å². The summed E-state index contributed by atoms with van der Waals surface area (Å²) in [7, 11) is 0. The summed E-state index contributed by atoms with van der Waals surface area (Å²) in [4.78, 5) is 10.7. The Labute approximate surface area is 66.1 Å². The van der Waals surface area contributed by atoms with Crippen LogP contribution in [0.2, 0.25) is 0 Å². The highest BCUT2D eigenvalue weighted by atomic mass is 35.5. The van der Waals surface area contributed by atoms with Crippen molar-refractivity contribution in [3.8, 4) is 0 Å². The maximum atomic E-state index is 10.7. The fourth-order valence-electron chi connectivity index (χ4n) is 1.55. The second-order valence-corrected chi connectivity index (χ2v) is 3.11. The van der Waals surface area contributed by atoms with Gasteiger partial charge in [-0.1, -0.05) is 12.5 Å². The van der Waals surface area contributed by atoms with Crippen molar-refractivity contribution in [3.63, 3.8) is 0 Å². The van der Waals surface area contributed by atoms with Crippen LogP contribution in [0.3, 0.4) is 0 Å². The molecule has 0 heterocycles. The summed E-state index contributed by atoms with van der Waals surface area (Å²) >= 11 is 5.37. The first-order valence-corrected chi connectivity index (χ1v) is 3.95. The Hall–Kier alpha value is -0.300. The lowest BCUT2D eigenvalue weighted by Crippen LogP contribution is -2.11. The highest BCUT2D eigenvalue weighted by Crippen LogP contribution is 2.33. The second-order valence-electron chi connectivity index (χ2n) is 2.74. The highest BCUT2D eigenvalue weighted by Gasteiger charge is 2.29. The first-order valence-electron chi connectivity index (χ1n) is 3.57. The fourth-order valence-corrected chi connectivity index (χ4v) is 1.82. The molecule has 10 heavy (non-hydrogen) atoms. The van der Waals surface area contributed by atoms with Crippen LogP contribution in [0.15, 0.2) is 12.7 Å². The molecule has 0 amide bonds. The maximum absolute atomic E-state index is 10.7. The summed E-state index contributed by atoms with van der Waals surface area (Å²) in [6.45, 7) is 3.66. The summed E-state index contributed by atoms with van der Waals surface area (Å²) in [6, 6.07) is 0. The van der Waals surface area contributed by atoms with Gasteiger partial charge < -0.3 is 0 Å². The van der Waals surface area contributed by atoms with E-state index < -0.39 is 0 Å². The van der Waals surface area contributed by atoms with Gasteiger partial charge in [-0.3, -0.25) is 4.79 Å². The summed E-state index contributed by atoms with van der Waals surface area (Å²) in [5, 5.41) is -0.192. The lowest BCUT2D eigenvalue weighted by Gasteiger charge is -2.09. The smallest absolute Gasteiger partial charge is 0.225 e. The van der Waals surface area contributed by atoms with Crippen LogP contribution < -0.4 is 0 Å². The van der Waals surface area contributed by atoms with E-state index in [1.54, 1.807) is 0 Å². The van der Waals surface area contributed by atoms with Crippen molar-refractivity contribution in [1.82, 2.24) is 0 Å². The molecule has 56 valence electrons. The number of carbonyl (C=O) groups is 1. The summed E-state index contributed by atoms with van der Waals surface area (Å²) in [5.74, 6) is 0.393. The van der Waals surface area contributed by atoms with E-state index in [0.29, 0.717) is 5.92 Å². The molecule has 0 bridgehead atoms. The Morgan fingerprint density at radius 1 is 1.60 bits per heavy atom. The second kappa shape index (κ2) is 3.20. The van der Waals surface area contributed by atoms with Gasteiger partial charge in [-0.05, 0) is 30.4 Å². The SMILES string of the molecule is C=C[C@@H]1CCC[C@H]1C(=O)Cl. The molecule has 0 spiro atoms. The molecule has 1 aliphatic rings. The fraction of sp³-hybridized carbons (Fsp3) is 0.625. The molecule has 0 saturated heterocycles. The summed E-state index contributed by atoms with van der Waals surface area (Å²) in [6.07, 6.45) is 4.98. The highest BCUT2D eigenvalue weighted by molar-refractivity contribution is 6.64. The first-order chi connectivity index (χ1) is 4.75. The molecule has 0 radical (unpaired) electrons. The molecule has 0 aromatic rings. The number of hydrogen-bond acceptors (Lipinski definition) is 1. The minimum absolute atomic E-state index is 0.0548. The van der Waals surface area contributed by atoms with Crippen molar-refractivity contribution in [3.05, 3.63) is 12.7 Å². The molecule has 2 heteroatoms. The zero-order chi connectivity index (χ0) is 7.56. The number of allylic oxidation sites excluding steroid dienone is 1. The zero-order valence-electron chi connectivity index (χ0n) is 5.85. The standard InChI is InChI=1S/C8H11ClO/c1-2-6-4-3-5-7(6)8(9)10/h2,6-7H,1,3-5H2/t6-,7-/m1/s1. The van der Waals surface area contributed by atoms with Crippen LogP contribution in [0.25, 0.3) is 0 Å². The molecular formula is C8H11ClO. The molecular weight excluding hydrogens is 148 g/mol. The van der Waals surface area contributed by atoms with Crippen LogP contribution in [0.5, 0.6) is 0 Å². The third-order valence-corrected chi connectivity index (χ3v) is 2.44. The molecule has 2 atom stereocenters. The largest absolute Gasteiger partial charge is 0.281 e. The van der Waals surface area contributed by atoms with E-state index in [0.717, 1.165) is 19.3 Å². The number of rotatable bonds is 2. The maximum Gasteiger partial charge on any atom is 0.225 e. The minimum atomic E-state index is -0.192. The van der Waals surface area contributed by atoms with Crippen molar-refractivity contribution in [2.24, 2.45) is 11.8 Å². The van der Waals surface area contributed by atoms with E-state index in [4.69, 9.17) is 11.6 Å². The Bertz CT molecular complexity index is 153. The van der Waals surface area contributed by atoms with Crippen LogP contribution in [-0.2, 0) is 4.79 Å². The van der Waals surface area contributed by atoms with Crippen molar-refractivity contribution in [2.45, 2.75) is 19.3 Å². The average molecular weight is 159 g/mol. The van der Waals surface area contributed by atoms with Gasteiger partial charge in [0.25, 0.3) is 0 Å². The molecule has 1 aliphatic carbocycles. The van der Waals surface area contributed by atoms with Crippen LogP contribution in [0.4, 0.5) is 0 Å². The van der Waals surface area contributed by atoms with E-state index >= 15 is 0 Å². The van der Waals surface area contributed by atoms with Gasteiger partial charge in [-0.2, -0.15) is 0 Å². The Morgan fingerprint density at radius 3 is 2.70 bits per heavy atom. The third-order valence-electron chi connectivity index (χ3n) is 2.16. The molecule has 1 fully saturated rings. The van der Waals surface area contributed by atoms with Gasteiger partial charge in [0.05, 0.1) is 0 Å². The molecule has 0 aromatic carbocycles. The predicted molar refractivity (Wildman–Crippen MR) is 41.9 cm³/mol. The van der Waals surface area contributed by atoms with E-state index in [1.165, 1.54) is 0 Å². The average Bonchev–Trinajstić information content (AvgIpc) is 2.33. The first kappa shape index (κ1) is 7.80. The van der Waals surface area contributed by atoms with E-state index in [2.05, 4.69) is 6.58 Å². The lowest BCUT2D eigenvalue weighted by molar-refractivity contribution is -0.115. The number of hydrogen-bond donors (Lipinski definition) is 0. The monoisotopic (exact) mass is 158 g/mol. The van der Waals surface area contributed by atoms with Crippen molar-refractivity contribution in [1.29, 1.82) is 0 Å². The Balaban J connectivity index is 2.58. The zero-order valence-corrected chi connectivity index (χ0v) is 6.60. The Morgan fingerprint density at radius 2 is 2.30 bits per heavy atom. The van der Waals surface area contributed by atoms with Crippen LogP contribution in [0, 0.1) is 11.8 Å². The van der Waals surface area contributed by atoms with Crippen LogP contribution in [-0.4, -0.2) is 5.24 Å². The molecule has 0 aliphatic heterocycles. The Kier molecular flexibility index (Phi) is 2.50. The molecule has 1 nitrogen and oxygen atoms in total. The summed E-state index contributed by atoms with van der Waals surface area (Å²) < 4.78 is 0. The number of carbonyl (C=O) groups excluding carboxylic acids is 1. The van der Waals surface area contributed by atoms with Gasteiger partial charge >= 0.3 is 0 Å². The predicted octanol–water partition coefficient (Wildman–Crippen LogP) is 2.35. The van der Waals surface area contributed by atoms with Gasteiger partial charge in [0, 0.05) is 5.92 Å². The van der Waals surface area contributed by atoms with Crippen LogP contribution >= 0.6 is 11.6 Å². The molecule has 1 rings (SSSR count). The summed E-state index contributed by atoms with van der Waals surface area (Å²) in [5.41, 5.74) is 0. The normalized spacial score (nSPS) is 32.1. The van der Waals surface area contributed by atoms with Gasteiger partial charge in [0.2, 0.25) is 5.24 Å². The van der Waals surface area contributed by atoms with Crippen molar-refractivity contribution in [2.75, 3.05) is 0 Å². The molecule has 0 N–H and O–H groups in total. The third kappa shape index (κ3) is 1.40. The molecule has 0 unspecified atom stereocenters. The minimum Gasteiger partial charge on any atom is -0.281 e. The van der Waals surface area contributed by atoms with Crippen LogP contribution in [0.1, 0.15) is 19.3 Å². The van der Waals surface area contributed by atoms with Crippen molar-refractivity contribution >= 4 is 16.8 Å². The molecule has 0 aromatic heterocycles. The molecule has 1 saturated carbocycles.